The molecule has 0 radical (unpaired) electrons. The van der Waals surface area contributed by atoms with Gasteiger partial charge >= 0.3 is 0 Å². The van der Waals surface area contributed by atoms with E-state index >= 15 is 0 Å². The quantitative estimate of drug-likeness (QED) is 0.0964. The third-order valence-corrected chi connectivity index (χ3v) is 5.71. The number of nitrogens with two attached hydrogens (primary N) is 3. The number of nitroso groups, excluding NO2 is 2. The molecule has 0 aliphatic carbocycles. The highest BCUT2D eigenvalue weighted by molar-refractivity contribution is 6.18. The van der Waals surface area contributed by atoms with Crippen LogP contribution in [-0.2, 0) is 19.2 Å². The van der Waals surface area contributed by atoms with Gasteiger partial charge in [-0.3, -0.25) is 19.2 Å². The molecule has 0 spiro atoms. The fourth-order valence-electron chi connectivity index (χ4n) is 3.06. The zero-order valence-electron chi connectivity index (χ0n) is 20.5. The molecule has 206 valence electrons. The molecule has 0 saturated heterocycles. The molecular weight excluding hydrogens is 519 g/mol. The van der Waals surface area contributed by atoms with Crippen molar-refractivity contribution in [3.05, 3.63) is 9.81 Å². The van der Waals surface area contributed by atoms with E-state index in [-0.39, 0.29) is 56.5 Å². The van der Waals surface area contributed by atoms with Crippen LogP contribution in [0.25, 0.3) is 0 Å². The van der Waals surface area contributed by atoms with Crippen LogP contribution in [0.15, 0.2) is 10.6 Å². The number of Topliss-reactive ketones (excluding diaryl/α,β-unsaturated/α-hetero) is 1. The number of rotatable bonds is 19. The molecule has 0 rings (SSSR count). The second-order valence-electron chi connectivity index (χ2n) is 8.44. The summed E-state index contributed by atoms with van der Waals surface area (Å²) in [4.78, 5) is 71.4. The van der Waals surface area contributed by atoms with Gasteiger partial charge in [-0.1, -0.05) is 13.8 Å². The van der Waals surface area contributed by atoms with Crippen molar-refractivity contribution in [1.82, 2.24) is 15.3 Å². The van der Waals surface area contributed by atoms with E-state index < -0.39 is 47.7 Å². The Hall–Kier alpha value is -2.26. The predicted octanol–water partition coefficient (Wildman–Crippen LogP) is 0.126. The van der Waals surface area contributed by atoms with E-state index in [9.17, 15) is 29.0 Å². The molecule has 0 aromatic heterocycles. The van der Waals surface area contributed by atoms with Crippen molar-refractivity contribution in [1.29, 1.82) is 0 Å². The smallest absolute Gasteiger partial charge is 0.267 e. The van der Waals surface area contributed by atoms with E-state index in [0.717, 1.165) is 0 Å². The summed E-state index contributed by atoms with van der Waals surface area (Å²) in [5, 5.41) is 8.90. The first-order valence-electron chi connectivity index (χ1n) is 11.5. The zero-order chi connectivity index (χ0) is 27.8. The van der Waals surface area contributed by atoms with Crippen molar-refractivity contribution in [2.24, 2.45) is 33.7 Å². The number of hydrogen-bond donors (Lipinski definition) is 4. The summed E-state index contributed by atoms with van der Waals surface area (Å²) in [5.41, 5.74) is 17.5. The van der Waals surface area contributed by atoms with E-state index in [0.29, 0.717) is 16.4 Å². The molecule has 2 unspecified atom stereocenters. The van der Waals surface area contributed by atoms with Gasteiger partial charge in [-0.2, -0.15) is 10.0 Å². The summed E-state index contributed by atoms with van der Waals surface area (Å²) in [6, 6.07) is -4.10. The highest BCUT2D eigenvalue weighted by Gasteiger charge is 2.30. The van der Waals surface area contributed by atoms with E-state index in [4.69, 9.17) is 40.4 Å². The van der Waals surface area contributed by atoms with Crippen molar-refractivity contribution < 1.29 is 19.2 Å². The predicted molar refractivity (Wildman–Crippen MR) is 135 cm³/mol. The Bertz CT molecular complexity index is 760. The molecule has 0 aromatic rings. The van der Waals surface area contributed by atoms with Gasteiger partial charge in [0.05, 0.1) is 41.8 Å². The molecule has 36 heavy (non-hydrogen) atoms. The number of carbonyl (C=O) groups is 4. The Labute approximate surface area is 219 Å². The maximum absolute atomic E-state index is 12.7. The van der Waals surface area contributed by atoms with Gasteiger partial charge in [-0.15, -0.1) is 33.0 Å². The van der Waals surface area contributed by atoms with E-state index in [2.05, 4.69) is 15.9 Å². The lowest BCUT2D eigenvalue weighted by atomic mass is 9.98. The van der Waals surface area contributed by atoms with Crippen LogP contribution < -0.4 is 22.5 Å². The average Bonchev–Trinajstić information content (AvgIpc) is 2.86. The summed E-state index contributed by atoms with van der Waals surface area (Å²) in [5.74, 6) is -2.81. The van der Waals surface area contributed by atoms with Gasteiger partial charge in [-0.05, 0) is 31.6 Å². The molecule has 16 heteroatoms. The number of ketones is 1. The number of carbonyl (C=O) groups excluding carboxylic acids is 4. The maximum atomic E-state index is 12.7. The lowest BCUT2D eigenvalue weighted by molar-refractivity contribution is -0.137. The Morgan fingerprint density at radius 3 is 1.81 bits per heavy atom. The number of nitrogens with zero attached hydrogens (tertiary/aromatic N) is 4. The average molecular weight is 555 g/mol. The molecular formula is C20H36Cl2N8O6. The summed E-state index contributed by atoms with van der Waals surface area (Å²) in [6.07, 6.45) is 0.296. The van der Waals surface area contributed by atoms with Crippen LogP contribution in [0.1, 0.15) is 46.0 Å². The van der Waals surface area contributed by atoms with Gasteiger partial charge in [0, 0.05) is 18.2 Å². The lowest BCUT2D eigenvalue weighted by Gasteiger charge is -2.24. The van der Waals surface area contributed by atoms with Crippen molar-refractivity contribution in [3.8, 4) is 0 Å². The van der Waals surface area contributed by atoms with E-state index in [1.807, 2.05) is 0 Å². The topological polar surface area (TPSA) is 224 Å². The number of nitrogens with one attached hydrogen (secondary N) is 1. The highest BCUT2D eigenvalue weighted by atomic mass is 35.5. The molecule has 3 amide bonds. The second kappa shape index (κ2) is 18.1. The normalized spacial score (nSPS) is 14.3. The molecule has 0 aliphatic heterocycles. The van der Waals surface area contributed by atoms with E-state index in [1.165, 1.54) is 0 Å². The summed E-state index contributed by atoms with van der Waals surface area (Å²) in [6.45, 7) is 3.19. The van der Waals surface area contributed by atoms with Crippen LogP contribution in [0.4, 0.5) is 0 Å². The third-order valence-electron chi connectivity index (χ3n) is 5.37. The Morgan fingerprint density at radius 2 is 1.33 bits per heavy atom. The maximum Gasteiger partial charge on any atom is 0.267 e. The van der Waals surface area contributed by atoms with Gasteiger partial charge in [0.1, 0.15) is 11.8 Å². The molecule has 0 saturated carbocycles. The molecule has 14 nitrogen and oxygen atoms in total. The van der Waals surface area contributed by atoms with Crippen molar-refractivity contribution in [2.45, 2.75) is 70.1 Å². The molecule has 4 atom stereocenters. The van der Waals surface area contributed by atoms with Gasteiger partial charge in [0.2, 0.25) is 5.91 Å². The SMILES string of the molecule is CC(C)[C@H](N)C(=O)NC(CCC(=O)[C@@H](N)CCCC(N)C(=O)N(CCCl)N=O)C(=O)N(CCCl)N=O. The Kier molecular flexibility index (Phi) is 16.9. The first-order chi connectivity index (χ1) is 16.9. The highest BCUT2D eigenvalue weighted by Crippen LogP contribution is 2.11. The second-order valence-corrected chi connectivity index (χ2v) is 9.20. The number of amides is 3. The van der Waals surface area contributed by atoms with Gasteiger partial charge in [-0.25, -0.2) is 0 Å². The fourth-order valence-corrected chi connectivity index (χ4v) is 3.38. The minimum absolute atomic E-state index is 0.0173. The lowest BCUT2D eigenvalue weighted by Crippen LogP contribution is -2.53. The third kappa shape index (κ3) is 11.6. The van der Waals surface area contributed by atoms with Crippen LogP contribution in [0.5, 0.6) is 0 Å². The molecule has 0 fully saturated rings. The minimum Gasteiger partial charge on any atom is -0.343 e. The zero-order valence-corrected chi connectivity index (χ0v) is 22.0. The summed E-state index contributed by atoms with van der Waals surface area (Å²) in [7, 11) is 0. The van der Waals surface area contributed by atoms with Crippen LogP contribution >= 0.6 is 23.2 Å². The van der Waals surface area contributed by atoms with Crippen molar-refractivity contribution in [2.75, 3.05) is 24.8 Å². The Balaban J connectivity index is 5.02. The summed E-state index contributed by atoms with van der Waals surface area (Å²) >= 11 is 11.1. The molecule has 0 aliphatic rings. The number of alkyl halides is 2. The van der Waals surface area contributed by atoms with Gasteiger partial charge in [0.25, 0.3) is 11.8 Å². The molecule has 7 N–H and O–H groups in total. The monoisotopic (exact) mass is 554 g/mol. The molecule has 0 aromatic carbocycles. The first-order valence-corrected chi connectivity index (χ1v) is 12.5. The number of hydrogen-bond acceptors (Lipinski definition) is 11. The molecule has 0 bridgehead atoms. The minimum atomic E-state index is -1.24. The van der Waals surface area contributed by atoms with Crippen molar-refractivity contribution in [3.63, 3.8) is 0 Å². The van der Waals surface area contributed by atoms with Gasteiger partial charge in [0.15, 0.2) is 0 Å². The van der Waals surface area contributed by atoms with E-state index in [1.54, 1.807) is 13.8 Å². The van der Waals surface area contributed by atoms with Gasteiger partial charge < -0.3 is 22.5 Å². The summed E-state index contributed by atoms with van der Waals surface area (Å²) < 4.78 is 0. The fraction of sp³-hybridized carbons (Fsp3) is 0.800. The Morgan fingerprint density at radius 1 is 0.833 bits per heavy atom. The molecule has 0 heterocycles. The van der Waals surface area contributed by atoms with Crippen LogP contribution in [-0.4, -0.2) is 82.5 Å². The standard InChI is InChI=1S/C20H36Cl2N8O6/c1-12(2)17(25)18(32)26-15(20(34)30(28-36)11-9-22)6-7-16(31)13(23)4-3-5-14(24)19(33)29(27-35)10-8-21/h12-15,17H,3-11,23-25H2,1-2H3,(H,26,32)/t13-,14?,15?,17-/m0/s1. The van der Waals surface area contributed by atoms with Crippen LogP contribution in [0.3, 0.4) is 0 Å². The number of halogens is 2. The first kappa shape index (κ1) is 33.7. The van der Waals surface area contributed by atoms with Crippen LogP contribution in [0.2, 0.25) is 0 Å². The largest absolute Gasteiger partial charge is 0.343 e. The van der Waals surface area contributed by atoms with Crippen molar-refractivity contribution >= 4 is 46.7 Å². The van der Waals surface area contributed by atoms with Crippen LogP contribution in [0, 0.1) is 15.7 Å².